The van der Waals surface area contributed by atoms with Gasteiger partial charge in [0.25, 0.3) is 0 Å². The van der Waals surface area contributed by atoms with Crippen LogP contribution < -0.4 is 10.6 Å². The van der Waals surface area contributed by atoms with Crippen LogP contribution in [0.1, 0.15) is 37.3 Å². The fourth-order valence-electron chi connectivity index (χ4n) is 2.23. The van der Waals surface area contributed by atoms with Crippen LogP contribution in [-0.2, 0) is 11.3 Å². The molecule has 8 nitrogen and oxygen atoms in total. The van der Waals surface area contributed by atoms with E-state index in [9.17, 15) is 9.59 Å². The molecule has 1 aliphatic carbocycles. The van der Waals surface area contributed by atoms with Gasteiger partial charge in [0, 0.05) is 13.0 Å². The molecule has 0 bridgehead atoms. The van der Waals surface area contributed by atoms with Gasteiger partial charge in [0.2, 0.25) is 5.91 Å². The topological polar surface area (TPSA) is 102 Å². The van der Waals surface area contributed by atoms with E-state index in [4.69, 9.17) is 4.42 Å². The van der Waals surface area contributed by atoms with Gasteiger partial charge in [-0.3, -0.25) is 14.7 Å². The third kappa shape index (κ3) is 3.78. The molecule has 0 radical (unpaired) electrons. The summed E-state index contributed by atoms with van der Waals surface area (Å²) in [6, 6.07) is 3.21. The van der Waals surface area contributed by atoms with E-state index in [2.05, 4.69) is 20.8 Å². The van der Waals surface area contributed by atoms with Crippen LogP contribution in [0.5, 0.6) is 0 Å². The zero-order valence-corrected chi connectivity index (χ0v) is 14.3. The Kier molecular flexibility index (Phi) is 4.89. The third-order valence-electron chi connectivity index (χ3n) is 3.70. The number of nitrogens with one attached hydrogen (secondary N) is 2. The predicted molar refractivity (Wildman–Crippen MR) is 87.7 cm³/mol. The number of urea groups is 1. The summed E-state index contributed by atoms with van der Waals surface area (Å²) >= 11 is 1.27. The zero-order chi connectivity index (χ0) is 17.1. The molecule has 0 aliphatic heterocycles. The Hall–Kier alpha value is -2.29. The van der Waals surface area contributed by atoms with Gasteiger partial charge >= 0.3 is 6.03 Å². The number of hydrogen-bond donors (Lipinski definition) is 2. The molecule has 1 fully saturated rings. The van der Waals surface area contributed by atoms with Gasteiger partial charge < -0.3 is 9.73 Å². The maximum absolute atomic E-state index is 12.0. The Morgan fingerprint density at radius 2 is 2.25 bits per heavy atom. The quantitative estimate of drug-likeness (QED) is 0.770. The second-order valence-electron chi connectivity index (χ2n) is 5.61. The van der Waals surface area contributed by atoms with Crippen molar-refractivity contribution in [3.63, 3.8) is 0 Å². The summed E-state index contributed by atoms with van der Waals surface area (Å²) in [5, 5.41) is 13.3. The molecule has 24 heavy (non-hydrogen) atoms. The number of carbonyl (C=O) groups is 2. The molecule has 3 rings (SSSR count). The minimum Gasteiger partial charge on any atom is -0.467 e. The molecule has 1 aliphatic rings. The Labute approximate surface area is 143 Å². The molecule has 0 saturated heterocycles. The van der Waals surface area contributed by atoms with Crippen LogP contribution in [0.4, 0.5) is 4.79 Å². The van der Waals surface area contributed by atoms with Crippen LogP contribution >= 0.6 is 11.8 Å². The summed E-state index contributed by atoms with van der Waals surface area (Å²) in [5.41, 5.74) is 0. The second-order valence-corrected chi connectivity index (χ2v) is 6.92. The van der Waals surface area contributed by atoms with Gasteiger partial charge in [0.1, 0.15) is 11.6 Å². The first-order valence-electron chi connectivity index (χ1n) is 7.73. The molecule has 2 N–H and O–H groups in total. The van der Waals surface area contributed by atoms with Gasteiger partial charge in [-0.1, -0.05) is 11.8 Å². The van der Waals surface area contributed by atoms with Crippen LogP contribution in [0.15, 0.2) is 28.0 Å². The smallest absolute Gasteiger partial charge is 0.321 e. The van der Waals surface area contributed by atoms with Crippen LogP contribution in [0.25, 0.3) is 0 Å². The number of amides is 3. The highest BCUT2D eigenvalue weighted by Crippen LogP contribution is 2.40. The molecule has 1 atom stereocenters. The van der Waals surface area contributed by atoms with Crippen molar-refractivity contribution in [1.82, 2.24) is 25.4 Å². The van der Waals surface area contributed by atoms with E-state index in [0.717, 1.165) is 24.4 Å². The molecule has 1 saturated carbocycles. The monoisotopic (exact) mass is 349 g/mol. The predicted octanol–water partition coefficient (Wildman–Crippen LogP) is 1.73. The van der Waals surface area contributed by atoms with Gasteiger partial charge in [-0.15, -0.1) is 10.2 Å². The lowest BCUT2D eigenvalue weighted by molar-refractivity contribution is -0.119. The van der Waals surface area contributed by atoms with Crippen molar-refractivity contribution >= 4 is 23.7 Å². The highest BCUT2D eigenvalue weighted by atomic mass is 32.2. The molecule has 0 aromatic carbocycles. The van der Waals surface area contributed by atoms with Crippen molar-refractivity contribution in [3.8, 4) is 0 Å². The minimum absolute atomic E-state index is 0.375. The molecule has 9 heteroatoms. The zero-order valence-electron chi connectivity index (χ0n) is 13.5. The highest BCUT2D eigenvalue weighted by Gasteiger charge is 2.31. The lowest BCUT2D eigenvalue weighted by Gasteiger charge is -2.12. The molecule has 2 heterocycles. The van der Waals surface area contributed by atoms with E-state index in [1.807, 2.05) is 16.7 Å². The van der Waals surface area contributed by atoms with Gasteiger partial charge in [0.15, 0.2) is 5.16 Å². The average Bonchev–Trinajstić information content (AvgIpc) is 3.14. The number of rotatable bonds is 6. The number of aromatic nitrogens is 3. The molecular formula is C15H19N5O3S. The lowest BCUT2D eigenvalue weighted by Crippen LogP contribution is -2.41. The van der Waals surface area contributed by atoms with E-state index in [1.165, 1.54) is 18.8 Å². The Morgan fingerprint density at radius 1 is 1.46 bits per heavy atom. The Balaban J connectivity index is 1.75. The molecule has 2 aromatic rings. The summed E-state index contributed by atoms with van der Waals surface area (Å²) < 4.78 is 7.41. The summed E-state index contributed by atoms with van der Waals surface area (Å²) in [5.74, 6) is 1.78. The largest absolute Gasteiger partial charge is 0.467 e. The number of carbonyl (C=O) groups excluding carboxylic acids is 2. The van der Waals surface area contributed by atoms with E-state index < -0.39 is 11.3 Å². The molecule has 2 aromatic heterocycles. The van der Waals surface area contributed by atoms with Crippen molar-refractivity contribution in [2.45, 2.75) is 42.6 Å². The summed E-state index contributed by atoms with van der Waals surface area (Å²) in [7, 11) is 1.46. The maximum atomic E-state index is 12.0. The molecule has 1 unspecified atom stereocenters. The third-order valence-corrected chi connectivity index (χ3v) is 4.78. The van der Waals surface area contributed by atoms with Crippen molar-refractivity contribution in [2.24, 2.45) is 0 Å². The number of nitrogens with zero attached hydrogens (tertiary/aromatic N) is 3. The van der Waals surface area contributed by atoms with Crippen molar-refractivity contribution in [2.75, 3.05) is 7.05 Å². The number of thioether (sulfide) groups is 1. The van der Waals surface area contributed by atoms with E-state index in [-0.39, 0.29) is 5.91 Å². The fraction of sp³-hybridized carbons (Fsp3) is 0.467. The Bertz CT molecular complexity index is 724. The first kappa shape index (κ1) is 16.6. The number of hydrogen-bond acceptors (Lipinski definition) is 6. The summed E-state index contributed by atoms with van der Waals surface area (Å²) in [6.07, 6.45) is 3.84. The van der Waals surface area contributed by atoms with Crippen molar-refractivity contribution in [3.05, 3.63) is 30.0 Å². The second kappa shape index (κ2) is 7.08. The maximum Gasteiger partial charge on any atom is 0.321 e. The molecule has 128 valence electrons. The minimum atomic E-state index is -0.525. The average molecular weight is 349 g/mol. The van der Waals surface area contributed by atoms with Gasteiger partial charge in [-0.2, -0.15) is 0 Å². The highest BCUT2D eigenvalue weighted by molar-refractivity contribution is 8.00. The molecule has 0 spiro atoms. The SMILES string of the molecule is CNC(=O)NC(=O)C(C)Sc1nnc(C2CC2)n1Cc1ccco1. The lowest BCUT2D eigenvalue weighted by atomic mass is 10.3. The standard InChI is InChI=1S/C15H19N5O3S/c1-9(13(21)17-14(22)16-2)24-15-19-18-12(10-5-6-10)20(15)8-11-4-3-7-23-11/h3-4,7,9-10H,5-6,8H2,1-2H3,(H2,16,17,21,22). The van der Waals surface area contributed by atoms with Gasteiger partial charge in [-0.05, 0) is 31.9 Å². The van der Waals surface area contributed by atoms with Gasteiger partial charge in [-0.25, -0.2) is 4.79 Å². The molecule has 3 amide bonds. The van der Waals surface area contributed by atoms with Gasteiger partial charge in [0.05, 0.1) is 18.1 Å². The normalized spacial score (nSPS) is 15.1. The van der Waals surface area contributed by atoms with Crippen LogP contribution in [0, 0.1) is 0 Å². The first-order chi connectivity index (χ1) is 11.6. The van der Waals surface area contributed by atoms with Crippen LogP contribution in [0.3, 0.4) is 0 Å². The fourth-order valence-corrected chi connectivity index (χ4v) is 3.08. The first-order valence-corrected chi connectivity index (χ1v) is 8.61. The van der Waals surface area contributed by atoms with Crippen LogP contribution in [-0.4, -0.2) is 39.0 Å². The van der Waals surface area contributed by atoms with Crippen molar-refractivity contribution < 1.29 is 14.0 Å². The molecular weight excluding hydrogens is 330 g/mol. The van der Waals surface area contributed by atoms with E-state index in [1.54, 1.807) is 13.2 Å². The van der Waals surface area contributed by atoms with E-state index in [0.29, 0.717) is 17.6 Å². The Morgan fingerprint density at radius 3 is 2.88 bits per heavy atom. The van der Waals surface area contributed by atoms with Crippen LogP contribution in [0.2, 0.25) is 0 Å². The summed E-state index contributed by atoms with van der Waals surface area (Å²) in [4.78, 5) is 23.3. The van der Waals surface area contributed by atoms with E-state index >= 15 is 0 Å². The number of imide groups is 1. The number of furan rings is 1. The van der Waals surface area contributed by atoms with Crippen molar-refractivity contribution in [1.29, 1.82) is 0 Å². The summed E-state index contributed by atoms with van der Waals surface area (Å²) in [6.45, 7) is 2.25.